The average molecular weight is 314 g/mol. The highest BCUT2D eigenvalue weighted by Crippen LogP contribution is 2.31. The molecule has 0 saturated carbocycles. The van der Waals surface area contributed by atoms with E-state index in [1.807, 2.05) is 0 Å². The van der Waals surface area contributed by atoms with Gasteiger partial charge in [0.25, 0.3) is 5.91 Å². The lowest BCUT2D eigenvalue weighted by Crippen LogP contribution is -2.39. The van der Waals surface area contributed by atoms with Crippen molar-refractivity contribution in [2.45, 2.75) is 24.9 Å². The number of likely N-dealkylation sites (tertiary alicyclic amines) is 1. The van der Waals surface area contributed by atoms with E-state index in [-0.39, 0.29) is 23.5 Å². The third kappa shape index (κ3) is 2.81. The maximum atomic E-state index is 12.6. The second-order valence-electron chi connectivity index (χ2n) is 5.10. The van der Waals surface area contributed by atoms with Crippen LogP contribution in [0.2, 0.25) is 0 Å². The summed E-state index contributed by atoms with van der Waals surface area (Å²) in [6.07, 6.45) is -1.07. The van der Waals surface area contributed by atoms with Crippen LogP contribution in [0.15, 0.2) is 12.5 Å². The molecule has 1 amide bonds. The molecule has 2 aromatic heterocycles. The molecule has 0 aliphatic carbocycles. The van der Waals surface area contributed by atoms with Gasteiger partial charge in [0.2, 0.25) is 5.82 Å². The lowest BCUT2D eigenvalue weighted by Gasteiger charge is -2.31. The first-order valence-electron chi connectivity index (χ1n) is 6.72. The smallest absolute Gasteiger partial charge is 0.338 e. The van der Waals surface area contributed by atoms with Crippen molar-refractivity contribution >= 4 is 5.91 Å². The molecule has 1 aliphatic rings. The van der Waals surface area contributed by atoms with Crippen molar-refractivity contribution in [3.63, 3.8) is 0 Å². The van der Waals surface area contributed by atoms with Gasteiger partial charge in [-0.2, -0.15) is 18.3 Å². The minimum atomic E-state index is -4.45. The van der Waals surface area contributed by atoms with Crippen LogP contribution in [0, 0.1) is 0 Å². The predicted octanol–water partition coefficient (Wildman–Crippen LogP) is 1.57. The van der Waals surface area contributed by atoms with Crippen molar-refractivity contribution in [3.05, 3.63) is 29.9 Å². The molecule has 1 saturated heterocycles. The van der Waals surface area contributed by atoms with Crippen molar-refractivity contribution in [2.24, 2.45) is 0 Å². The monoisotopic (exact) mass is 314 g/mol. The first-order valence-corrected chi connectivity index (χ1v) is 6.72. The molecule has 1 atom stereocenters. The molecule has 22 heavy (non-hydrogen) atoms. The van der Waals surface area contributed by atoms with Crippen LogP contribution in [-0.2, 0) is 6.18 Å². The van der Waals surface area contributed by atoms with Gasteiger partial charge in [0.05, 0.1) is 6.20 Å². The van der Waals surface area contributed by atoms with Crippen molar-refractivity contribution in [3.8, 4) is 0 Å². The molecule has 1 aliphatic heterocycles. The van der Waals surface area contributed by atoms with Crippen molar-refractivity contribution in [2.75, 3.05) is 13.1 Å². The standard InChI is InChI=1S/C12H13F3N6O/c13-12(14,15)8-4-16-9(19-8)7-2-1-3-21(5-7)11(22)10-17-6-18-20-10/h4,6-7H,1-3,5H2,(H,16,19)(H,17,18,20)/t7-/m1/s1. The van der Waals surface area contributed by atoms with Crippen LogP contribution in [0.4, 0.5) is 13.2 Å². The lowest BCUT2D eigenvalue weighted by molar-refractivity contribution is -0.141. The van der Waals surface area contributed by atoms with Crippen molar-refractivity contribution < 1.29 is 18.0 Å². The molecule has 0 spiro atoms. The Labute approximate surface area is 123 Å². The number of aromatic amines is 2. The molecule has 7 nitrogen and oxygen atoms in total. The summed E-state index contributed by atoms with van der Waals surface area (Å²) in [5.74, 6) is -0.194. The second kappa shape index (κ2) is 5.43. The summed E-state index contributed by atoms with van der Waals surface area (Å²) in [4.78, 5) is 23.6. The van der Waals surface area contributed by atoms with Gasteiger partial charge in [-0.25, -0.2) is 9.97 Å². The third-order valence-electron chi connectivity index (χ3n) is 3.61. The molecule has 10 heteroatoms. The van der Waals surface area contributed by atoms with Crippen LogP contribution in [0.3, 0.4) is 0 Å². The Morgan fingerprint density at radius 1 is 1.36 bits per heavy atom. The Morgan fingerprint density at radius 2 is 2.18 bits per heavy atom. The molecule has 3 heterocycles. The second-order valence-corrected chi connectivity index (χ2v) is 5.10. The number of carbonyl (C=O) groups excluding carboxylic acids is 1. The van der Waals surface area contributed by atoms with E-state index < -0.39 is 11.9 Å². The first kappa shape index (κ1) is 14.5. The summed E-state index contributed by atoms with van der Waals surface area (Å²) in [6.45, 7) is 0.827. The molecule has 0 unspecified atom stereocenters. The first-order chi connectivity index (χ1) is 10.4. The number of amides is 1. The number of rotatable bonds is 2. The Hall–Kier alpha value is -2.39. The number of hydrogen-bond acceptors (Lipinski definition) is 4. The Balaban J connectivity index is 1.73. The molecule has 0 aromatic carbocycles. The van der Waals surface area contributed by atoms with E-state index in [0.717, 1.165) is 6.20 Å². The van der Waals surface area contributed by atoms with E-state index in [1.165, 1.54) is 6.33 Å². The maximum absolute atomic E-state index is 12.6. The molecular formula is C12H13F3N6O. The Kier molecular flexibility index (Phi) is 3.59. The summed E-state index contributed by atoms with van der Waals surface area (Å²) < 4.78 is 37.8. The van der Waals surface area contributed by atoms with Crippen LogP contribution < -0.4 is 0 Å². The van der Waals surface area contributed by atoms with E-state index in [2.05, 4.69) is 25.1 Å². The number of piperidine rings is 1. The fraction of sp³-hybridized carbons (Fsp3) is 0.500. The summed E-state index contributed by atoms with van der Waals surface area (Å²) in [5, 5.41) is 6.11. The molecule has 0 bridgehead atoms. The van der Waals surface area contributed by atoms with Crippen LogP contribution in [0.5, 0.6) is 0 Å². The van der Waals surface area contributed by atoms with Gasteiger partial charge < -0.3 is 9.88 Å². The van der Waals surface area contributed by atoms with Gasteiger partial charge in [-0.05, 0) is 12.8 Å². The van der Waals surface area contributed by atoms with Gasteiger partial charge in [0.15, 0.2) is 0 Å². The number of H-pyrrole nitrogens is 2. The number of aromatic nitrogens is 5. The molecule has 1 fully saturated rings. The van der Waals surface area contributed by atoms with E-state index in [1.54, 1.807) is 4.90 Å². The van der Waals surface area contributed by atoms with Crippen LogP contribution in [0.1, 0.15) is 40.9 Å². The number of imidazole rings is 1. The zero-order valence-electron chi connectivity index (χ0n) is 11.4. The number of hydrogen-bond donors (Lipinski definition) is 2. The molecule has 3 rings (SSSR count). The van der Waals surface area contributed by atoms with Gasteiger partial charge in [-0.1, -0.05) is 0 Å². The fourth-order valence-electron chi connectivity index (χ4n) is 2.53. The maximum Gasteiger partial charge on any atom is 0.432 e. The Morgan fingerprint density at radius 3 is 2.82 bits per heavy atom. The van der Waals surface area contributed by atoms with Crippen LogP contribution >= 0.6 is 0 Å². The SMILES string of the molecule is O=C(c1ncn[nH]1)N1CCC[C@@H](c2ncc(C(F)(F)F)[nH]2)C1. The zero-order valence-corrected chi connectivity index (χ0v) is 11.4. The van der Waals surface area contributed by atoms with E-state index in [4.69, 9.17) is 0 Å². The average Bonchev–Trinajstić information content (AvgIpc) is 3.17. The van der Waals surface area contributed by atoms with E-state index in [0.29, 0.717) is 25.9 Å². The van der Waals surface area contributed by atoms with Crippen LogP contribution in [-0.4, -0.2) is 49.0 Å². The van der Waals surface area contributed by atoms with Gasteiger partial charge in [-0.15, -0.1) is 0 Å². The molecule has 2 N–H and O–H groups in total. The van der Waals surface area contributed by atoms with Gasteiger partial charge in [0.1, 0.15) is 17.8 Å². The fourth-order valence-corrected chi connectivity index (χ4v) is 2.53. The number of nitrogens with one attached hydrogen (secondary N) is 2. The summed E-state index contributed by atoms with van der Waals surface area (Å²) in [7, 11) is 0. The van der Waals surface area contributed by atoms with Crippen molar-refractivity contribution in [1.82, 2.24) is 30.0 Å². The van der Waals surface area contributed by atoms with Crippen molar-refractivity contribution in [1.29, 1.82) is 0 Å². The zero-order chi connectivity index (χ0) is 15.7. The highest BCUT2D eigenvalue weighted by molar-refractivity contribution is 5.90. The minimum Gasteiger partial charge on any atom is -0.338 e. The molecule has 118 valence electrons. The highest BCUT2D eigenvalue weighted by Gasteiger charge is 2.35. The quantitative estimate of drug-likeness (QED) is 0.880. The Bertz CT molecular complexity index is 650. The highest BCUT2D eigenvalue weighted by atomic mass is 19.4. The normalized spacial score (nSPS) is 19.4. The van der Waals surface area contributed by atoms with E-state index in [9.17, 15) is 18.0 Å². The summed E-state index contributed by atoms with van der Waals surface area (Å²) in [5.41, 5.74) is -0.874. The number of carbonyl (C=O) groups is 1. The molecular weight excluding hydrogens is 301 g/mol. The van der Waals surface area contributed by atoms with Gasteiger partial charge in [-0.3, -0.25) is 9.89 Å². The summed E-state index contributed by atoms with van der Waals surface area (Å²) in [6, 6.07) is 0. The lowest BCUT2D eigenvalue weighted by atomic mass is 9.97. The summed E-state index contributed by atoms with van der Waals surface area (Å²) >= 11 is 0. The number of halogens is 3. The largest absolute Gasteiger partial charge is 0.432 e. The van der Waals surface area contributed by atoms with E-state index >= 15 is 0 Å². The predicted molar refractivity (Wildman–Crippen MR) is 67.9 cm³/mol. The number of nitrogens with zero attached hydrogens (tertiary/aromatic N) is 4. The van der Waals surface area contributed by atoms with Gasteiger partial charge in [0, 0.05) is 19.0 Å². The topological polar surface area (TPSA) is 90.6 Å². The molecule has 2 aromatic rings. The minimum absolute atomic E-state index is 0.121. The van der Waals surface area contributed by atoms with Gasteiger partial charge >= 0.3 is 6.18 Å². The molecule has 0 radical (unpaired) electrons. The van der Waals surface area contributed by atoms with Crippen LogP contribution in [0.25, 0.3) is 0 Å². The number of alkyl halides is 3. The third-order valence-corrected chi connectivity index (χ3v) is 3.61.